The highest BCUT2D eigenvalue weighted by Gasteiger charge is 2.29. The fourth-order valence-corrected chi connectivity index (χ4v) is 3.49. The highest BCUT2D eigenvalue weighted by molar-refractivity contribution is 6.04. The van der Waals surface area contributed by atoms with Crippen LogP contribution in [0.15, 0.2) is 75.4 Å². The number of azo groups is 1. The number of esters is 1. The maximum atomic E-state index is 12.8. The maximum absolute atomic E-state index is 12.8. The van der Waals surface area contributed by atoms with Crippen molar-refractivity contribution in [2.24, 2.45) is 10.2 Å². The van der Waals surface area contributed by atoms with Crippen molar-refractivity contribution in [3.05, 3.63) is 77.6 Å². The van der Waals surface area contributed by atoms with Crippen molar-refractivity contribution in [3.63, 3.8) is 0 Å². The summed E-state index contributed by atoms with van der Waals surface area (Å²) in [4.78, 5) is 29.6. The van der Waals surface area contributed by atoms with Crippen molar-refractivity contribution in [3.8, 4) is 0 Å². The number of rotatable bonds is 7. The molecule has 34 heavy (non-hydrogen) atoms. The van der Waals surface area contributed by atoms with Crippen LogP contribution in [0.4, 0.5) is 17.1 Å². The summed E-state index contributed by atoms with van der Waals surface area (Å²) < 4.78 is 10.5. The van der Waals surface area contributed by atoms with E-state index in [1.165, 1.54) is 0 Å². The lowest BCUT2D eigenvalue weighted by Crippen LogP contribution is -2.21. The Morgan fingerprint density at radius 2 is 1.76 bits per heavy atom. The van der Waals surface area contributed by atoms with Crippen LogP contribution in [0.3, 0.4) is 0 Å². The Balaban J connectivity index is 1.20. The van der Waals surface area contributed by atoms with Gasteiger partial charge in [-0.15, -0.1) is 0 Å². The first-order valence-electron chi connectivity index (χ1n) is 10.9. The Kier molecular flexibility index (Phi) is 5.82. The molecule has 5 rings (SSSR count). The highest BCUT2D eigenvalue weighted by Crippen LogP contribution is 2.40. The Bertz CT molecular complexity index is 1380. The van der Waals surface area contributed by atoms with Gasteiger partial charge in [0, 0.05) is 17.3 Å². The lowest BCUT2D eigenvalue weighted by atomic mass is 10.1. The van der Waals surface area contributed by atoms with E-state index in [1.54, 1.807) is 37.3 Å². The molecule has 0 unspecified atom stereocenters. The molecule has 0 aliphatic heterocycles. The summed E-state index contributed by atoms with van der Waals surface area (Å²) in [6.07, 6.45) is 2.05. The lowest BCUT2D eigenvalue weighted by molar-refractivity contribution is -0.119. The summed E-state index contributed by atoms with van der Waals surface area (Å²) in [5.74, 6) is -0.756. The number of benzene rings is 2. The molecule has 0 saturated heterocycles. The van der Waals surface area contributed by atoms with Gasteiger partial charge in [0.25, 0.3) is 11.6 Å². The van der Waals surface area contributed by atoms with Gasteiger partial charge in [0.2, 0.25) is 0 Å². The van der Waals surface area contributed by atoms with E-state index in [-0.39, 0.29) is 0 Å². The second kappa shape index (κ2) is 9.22. The zero-order valence-corrected chi connectivity index (χ0v) is 18.4. The number of carbonyl (C=O) groups is 2. The third kappa shape index (κ3) is 4.83. The Labute approximate surface area is 194 Å². The number of hydrogen-bond donors (Lipinski definition) is 1. The zero-order chi connectivity index (χ0) is 23.5. The molecule has 1 amide bonds. The largest absolute Gasteiger partial charge is 0.452 e. The number of fused-ring (bicyclic) bond motifs is 1. The molecule has 0 spiro atoms. The number of anilines is 1. The first-order valence-corrected chi connectivity index (χ1v) is 10.9. The molecular weight excluding hydrogens is 434 g/mol. The van der Waals surface area contributed by atoms with Gasteiger partial charge in [0.1, 0.15) is 0 Å². The predicted molar refractivity (Wildman–Crippen MR) is 124 cm³/mol. The van der Waals surface area contributed by atoms with Gasteiger partial charge in [-0.3, -0.25) is 4.79 Å². The van der Waals surface area contributed by atoms with Crippen molar-refractivity contribution < 1.29 is 18.8 Å². The molecule has 1 saturated carbocycles. The quantitative estimate of drug-likeness (QED) is 0.285. The van der Waals surface area contributed by atoms with Crippen molar-refractivity contribution >= 4 is 40.0 Å². The van der Waals surface area contributed by atoms with Crippen LogP contribution in [0, 0.1) is 6.92 Å². The van der Waals surface area contributed by atoms with E-state index in [0.717, 1.165) is 24.2 Å². The molecule has 170 valence electrons. The van der Waals surface area contributed by atoms with Gasteiger partial charge in [0.15, 0.2) is 6.61 Å². The Morgan fingerprint density at radius 1 is 1.06 bits per heavy atom. The summed E-state index contributed by atoms with van der Waals surface area (Å²) in [5, 5.41) is 15.4. The van der Waals surface area contributed by atoms with Gasteiger partial charge < -0.3 is 14.6 Å². The van der Waals surface area contributed by atoms with E-state index in [1.807, 2.05) is 30.3 Å². The van der Waals surface area contributed by atoms with Crippen LogP contribution in [0.5, 0.6) is 0 Å². The Hall–Kier alpha value is -4.40. The van der Waals surface area contributed by atoms with Gasteiger partial charge in [0.05, 0.1) is 28.0 Å². The fraction of sp³-hybridized carbons (Fsp3) is 0.200. The summed E-state index contributed by atoms with van der Waals surface area (Å²) in [6, 6.07) is 18.0. The van der Waals surface area contributed by atoms with E-state index in [0.29, 0.717) is 39.6 Å². The van der Waals surface area contributed by atoms with E-state index in [9.17, 15) is 9.59 Å². The average Bonchev–Trinajstić information content (AvgIpc) is 3.65. The summed E-state index contributed by atoms with van der Waals surface area (Å²) >= 11 is 0. The molecule has 1 N–H and O–H groups in total. The smallest absolute Gasteiger partial charge is 0.339 e. The van der Waals surface area contributed by atoms with E-state index in [2.05, 4.69) is 25.7 Å². The molecule has 1 aliphatic rings. The molecule has 1 aliphatic carbocycles. The molecule has 2 aromatic carbocycles. The van der Waals surface area contributed by atoms with Crippen LogP contribution in [-0.2, 0) is 9.53 Å². The third-order valence-corrected chi connectivity index (χ3v) is 5.38. The molecule has 1 fully saturated rings. The molecule has 9 heteroatoms. The number of carbonyl (C=O) groups excluding carboxylic acids is 2. The summed E-state index contributed by atoms with van der Waals surface area (Å²) in [5.41, 5.74) is 3.89. The van der Waals surface area contributed by atoms with Crippen molar-refractivity contribution in [1.82, 2.24) is 10.1 Å². The number of aromatic nitrogens is 2. The molecule has 2 aromatic heterocycles. The summed E-state index contributed by atoms with van der Waals surface area (Å²) in [6.45, 7) is 1.30. The summed E-state index contributed by atoms with van der Waals surface area (Å²) in [7, 11) is 0. The predicted octanol–water partition coefficient (Wildman–Crippen LogP) is 5.62. The molecular formula is C25H21N5O4. The minimum absolute atomic E-state index is 0.308. The second-order valence-corrected chi connectivity index (χ2v) is 8.02. The molecule has 9 nitrogen and oxygen atoms in total. The van der Waals surface area contributed by atoms with Crippen LogP contribution in [0.1, 0.15) is 40.5 Å². The minimum Gasteiger partial charge on any atom is -0.452 e. The number of pyridine rings is 1. The lowest BCUT2D eigenvalue weighted by Gasteiger charge is -2.08. The first-order chi connectivity index (χ1) is 16.6. The van der Waals surface area contributed by atoms with E-state index >= 15 is 0 Å². The fourth-order valence-electron chi connectivity index (χ4n) is 3.49. The molecule has 0 radical (unpaired) electrons. The van der Waals surface area contributed by atoms with Crippen molar-refractivity contribution in [1.29, 1.82) is 0 Å². The van der Waals surface area contributed by atoms with Gasteiger partial charge in [-0.1, -0.05) is 23.4 Å². The van der Waals surface area contributed by atoms with Gasteiger partial charge in [-0.25, -0.2) is 9.78 Å². The molecule has 2 heterocycles. The van der Waals surface area contributed by atoms with Gasteiger partial charge >= 0.3 is 5.97 Å². The third-order valence-electron chi connectivity index (χ3n) is 5.38. The first kappa shape index (κ1) is 21.4. The standard InChI is InChI=1S/C25H21N5O4/c1-15-23-20(13-21(16-7-8-16)27-24(23)34-30-15)25(32)33-14-22(31)26-17-9-11-19(12-10-17)29-28-18-5-3-2-4-6-18/h2-6,9-13,16H,7-8,14H2,1H3,(H,26,31). The van der Waals surface area contributed by atoms with Crippen LogP contribution >= 0.6 is 0 Å². The van der Waals surface area contributed by atoms with E-state index in [4.69, 9.17) is 9.26 Å². The monoisotopic (exact) mass is 455 g/mol. The topological polar surface area (TPSA) is 119 Å². The number of amides is 1. The number of nitrogens with one attached hydrogen (secondary N) is 1. The highest BCUT2D eigenvalue weighted by atomic mass is 16.5. The number of aryl methyl sites for hydroxylation is 1. The van der Waals surface area contributed by atoms with Crippen LogP contribution < -0.4 is 5.32 Å². The maximum Gasteiger partial charge on any atom is 0.339 e. The minimum atomic E-state index is -0.618. The van der Waals surface area contributed by atoms with Crippen LogP contribution in [0.25, 0.3) is 11.1 Å². The number of nitrogens with zero attached hydrogens (tertiary/aromatic N) is 4. The van der Waals surface area contributed by atoms with Crippen molar-refractivity contribution in [2.45, 2.75) is 25.7 Å². The molecule has 4 aromatic rings. The molecule has 0 atom stereocenters. The van der Waals surface area contributed by atoms with Gasteiger partial charge in [-0.2, -0.15) is 10.2 Å². The van der Waals surface area contributed by atoms with E-state index < -0.39 is 18.5 Å². The van der Waals surface area contributed by atoms with Gasteiger partial charge in [-0.05, 0) is 62.2 Å². The SMILES string of the molecule is Cc1noc2nc(C3CC3)cc(C(=O)OCC(=O)Nc3ccc(N=Nc4ccccc4)cc3)c12. The second-order valence-electron chi connectivity index (χ2n) is 8.02. The average molecular weight is 455 g/mol. The molecule has 0 bridgehead atoms. The normalized spacial score (nSPS) is 13.3. The van der Waals surface area contributed by atoms with Crippen molar-refractivity contribution in [2.75, 3.05) is 11.9 Å². The zero-order valence-electron chi connectivity index (χ0n) is 18.4. The van der Waals surface area contributed by atoms with Crippen LogP contribution in [-0.4, -0.2) is 28.6 Å². The van der Waals surface area contributed by atoms with Crippen LogP contribution in [0.2, 0.25) is 0 Å². The Morgan fingerprint density at radius 3 is 2.47 bits per heavy atom. The number of ether oxygens (including phenoxy) is 1. The number of hydrogen-bond acceptors (Lipinski definition) is 8.